The van der Waals surface area contributed by atoms with Crippen molar-refractivity contribution in [3.8, 4) is 0 Å². The first-order valence-electron chi connectivity index (χ1n) is 7.48. The predicted octanol–water partition coefficient (Wildman–Crippen LogP) is 1.99. The Morgan fingerprint density at radius 1 is 1.35 bits per heavy atom. The lowest BCUT2D eigenvalue weighted by molar-refractivity contribution is -0.143. The maximum Gasteiger partial charge on any atom is 0.326 e. The molecule has 1 aromatic carbocycles. The highest BCUT2D eigenvalue weighted by Gasteiger charge is 2.44. The molecule has 1 saturated heterocycles. The van der Waals surface area contributed by atoms with Crippen LogP contribution >= 0.6 is 0 Å². The quantitative estimate of drug-likeness (QED) is 0.867. The van der Waals surface area contributed by atoms with E-state index in [2.05, 4.69) is 5.32 Å². The van der Waals surface area contributed by atoms with Crippen LogP contribution in [0.5, 0.6) is 0 Å². The van der Waals surface area contributed by atoms with Crippen molar-refractivity contribution in [2.45, 2.75) is 37.6 Å². The number of carboxylic acids is 1. The highest BCUT2D eigenvalue weighted by molar-refractivity contribution is 5.91. The number of nitrogens with one attached hydrogen (secondary N) is 1. The van der Waals surface area contributed by atoms with Crippen molar-refractivity contribution in [2.75, 3.05) is 13.2 Å². The van der Waals surface area contributed by atoms with E-state index in [-0.39, 0.29) is 38.0 Å². The molecule has 5 nitrogen and oxygen atoms in total. The van der Waals surface area contributed by atoms with Gasteiger partial charge in [-0.25, -0.2) is 13.6 Å². The Morgan fingerprint density at radius 3 is 2.52 bits per heavy atom. The number of hydrogen-bond acceptors (Lipinski definition) is 3. The summed E-state index contributed by atoms with van der Waals surface area (Å²) in [5.41, 5.74) is -1.18. The second kappa shape index (κ2) is 7.04. The summed E-state index contributed by atoms with van der Waals surface area (Å²) < 4.78 is 32.7. The standard InChI is InChI=1S/C16H19F2NO4/c1-2-13(14(20)21)19-15(22)16(5-7-23-8-6-16)11-4-3-10(17)9-12(11)18/h3-4,9,13H,2,5-8H2,1H3,(H,19,22)(H,20,21). The average molecular weight is 327 g/mol. The molecule has 0 saturated carbocycles. The third-order valence-corrected chi connectivity index (χ3v) is 4.24. The third kappa shape index (κ3) is 3.50. The Hall–Kier alpha value is -2.02. The summed E-state index contributed by atoms with van der Waals surface area (Å²) >= 11 is 0. The van der Waals surface area contributed by atoms with Gasteiger partial charge in [0.05, 0.1) is 5.41 Å². The molecule has 23 heavy (non-hydrogen) atoms. The van der Waals surface area contributed by atoms with Crippen LogP contribution in [0.2, 0.25) is 0 Å². The number of carbonyl (C=O) groups is 2. The van der Waals surface area contributed by atoms with Crippen molar-refractivity contribution >= 4 is 11.9 Å². The van der Waals surface area contributed by atoms with Gasteiger partial charge >= 0.3 is 5.97 Å². The number of ether oxygens (including phenoxy) is 1. The number of halogens is 2. The molecule has 1 aliphatic heterocycles. The second-order valence-corrected chi connectivity index (χ2v) is 5.59. The van der Waals surface area contributed by atoms with E-state index in [0.29, 0.717) is 0 Å². The van der Waals surface area contributed by atoms with Crippen LogP contribution in [0.15, 0.2) is 18.2 Å². The van der Waals surface area contributed by atoms with E-state index in [1.807, 2.05) is 0 Å². The molecule has 126 valence electrons. The lowest BCUT2D eigenvalue weighted by Gasteiger charge is -2.37. The molecule has 1 heterocycles. The summed E-state index contributed by atoms with van der Waals surface area (Å²) in [5.74, 6) is -3.26. The van der Waals surface area contributed by atoms with Crippen LogP contribution in [0.25, 0.3) is 0 Å². The number of amides is 1. The van der Waals surface area contributed by atoms with Gasteiger partial charge in [-0.05, 0) is 25.3 Å². The molecule has 1 fully saturated rings. The number of rotatable bonds is 5. The van der Waals surface area contributed by atoms with E-state index >= 15 is 0 Å². The molecule has 1 atom stereocenters. The Bertz CT molecular complexity index is 600. The van der Waals surface area contributed by atoms with Gasteiger partial charge in [-0.3, -0.25) is 4.79 Å². The van der Waals surface area contributed by atoms with Gasteiger partial charge in [0.2, 0.25) is 5.91 Å². The highest BCUT2D eigenvalue weighted by atomic mass is 19.1. The van der Waals surface area contributed by atoms with E-state index in [0.717, 1.165) is 12.1 Å². The summed E-state index contributed by atoms with van der Waals surface area (Å²) in [7, 11) is 0. The van der Waals surface area contributed by atoms with E-state index < -0.39 is 35.0 Å². The zero-order valence-electron chi connectivity index (χ0n) is 12.8. The van der Waals surface area contributed by atoms with Gasteiger partial charge in [-0.15, -0.1) is 0 Å². The number of benzene rings is 1. The van der Waals surface area contributed by atoms with Crippen LogP contribution in [0, 0.1) is 11.6 Å². The minimum absolute atomic E-state index is 0.0694. The molecule has 0 radical (unpaired) electrons. The first-order valence-corrected chi connectivity index (χ1v) is 7.48. The molecule has 2 rings (SSSR count). The normalized spacial score (nSPS) is 18.2. The van der Waals surface area contributed by atoms with Crippen LogP contribution in [0.3, 0.4) is 0 Å². The van der Waals surface area contributed by atoms with Gasteiger partial charge in [0.1, 0.15) is 17.7 Å². The summed E-state index contributed by atoms with van der Waals surface area (Å²) in [6.07, 6.45) is 0.619. The summed E-state index contributed by atoms with van der Waals surface area (Å²) in [5, 5.41) is 11.6. The first kappa shape index (κ1) is 17.3. The molecular weight excluding hydrogens is 308 g/mol. The topological polar surface area (TPSA) is 75.6 Å². The molecule has 1 aromatic rings. The van der Waals surface area contributed by atoms with E-state index in [1.165, 1.54) is 6.07 Å². The number of hydrogen-bond donors (Lipinski definition) is 2. The second-order valence-electron chi connectivity index (χ2n) is 5.59. The van der Waals surface area contributed by atoms with E-state index in [9.17, 15) is 18.4 Å². The minimum Gasteiger partial charge on any atom is -0.480 e. The largest absolute Gasteiger partial charge is 0.480 e. The van der Waals surface area contributed by atoms with E-state index in [1.54, 1.807) is 6.92 Å². The fraction of sp³-hybridized carbons (Fsp3) is 0.500. The predicted molar refractivity (Wildman–Crippen MR) is 77.9 cm³/mol. The number of aliphatic carboxylic acids is 1. The Balaban J connectivity index is 2.39. The van der Waals surface area contributed by atoms with Crippen LogP contribution in [0.1, 0.15) is 31.7 Å². The van der Waals surface area contributed by atoms with Crippen LogP contribution in [-0.2, 0) is 19.7 Å². The van der Waals surface area contributed by atoms with Crippen molar-refractivity contribution in [3.05, 3.63) is 35.4 Å². The third-order valence-electron chi connectivity index (χ3n) is 4.24. The zero-order chi connectivity index (χ0) is 17.0. The Kier molecular flexibility index (Phi) is 5.30. The highest BCUT2D eigenvalue weighted by Crippen LogP contribution is 2.37. The molecule has 0 aromatic heterocycles. The van der Waals surface area contributed by atoms with Gasteiger partial charge < -0.3 is 15.2 Å². The maximum atomic E-state index is 14.2. The molecule has 1 amide bonds. The summed E-state index contributed by atoms with van der Waals surface area (Å²) in [4.78, 5) is 23.9. The SMILES string of the molecule is CCC(NC(=O)C1(c2ccc(F)cc2F)CCOCC1)C(=O)O. The van der Waals surface area contributed by atoms with Crippen molar-refractivity contribution in [1.82, 2.24) is 5.32 Å². The van der Waals surface area contributed by atoms with Crippen molar-refractivity contribution < 1.29 is 28.2 Å². The fourth-order valence-electron chi connectivity index (χ4n) is 2.85. The smallest absolute Gasteiger partial charge is 0.326 e. The molecular formula is C16H19F2NO4. The lowest BCUT2D eigenvalue weighted by Crippen LogP contribution is -2.53. The molecule has 0 aliphatic carbocycles. The molecule has 0 spiro atoms. The van der Waals surface area contributed by atoms with Gasteiger partial charge in [0.25, 0.3) is 0 Å². The van der Waals surface area contributed by atoms with Crippen molar-refractivity contribution in [3.63, 3.8) is 0 Å². The minimum atomic E-state index is -1.25. The summed E-state index contributed by atoms with van der Waals surface area (Å²) in [6, 6.07) is 2.02. The molecule has 2 N–H and O–H groups in total. The van der Waals surface area contributed by atoms with Gasteiger partial charge in [0.15, 0.2) is 0 Å². The van der Waals surface area contributed by atoms with Gasteiger partial charge in [-0.2, -0.15) is 0 Å². The van der Waals surface area contributed by atoms with Gasteiger partial charge in [0, 0.05) is 24.8 Å². The average Bonchev–Trinajstić information content (AvgIpc) is 2.52. The first-order chi connectivity index (χ1) is 10.9. The summed E-state index contributed by atoms with van der Waals surface area (Å²) in [6.45, 7) is 2.12. The van der Waals surface area contributed by atoms with Crippen molar-refractivity contribution in [1.29, 1.82) is 0 Å². The molecule has 7 heteroatoms. The molecule has 0 bridgehead atoms. The molecule has 1 unspecified atom stereocenters. The van der Waals surface area contributed by atoms with Crippen LogP contribution < -0.4 is 5.32 Å². The van der Waals surface area contributed by atoms with Crippen molar-refractivity contribution in [2.24, 2.45) is 0 Å². The fourth-order valence-corrected chi connectivity index (χ4v) is 2.85. The Labute approximate surface area is 132 Å². The zero-order valence-corrected chi connectivity index (χ0v) is 12.8. The molecule has 1 aliphatic rings. The lowest BCUT2D eigenvalue weighted by atomic mass is 9.73. The van der Waals surface area contributed by atoms with Crippen LogP contribution in [0.4, 0.5) is 8.78 Å². The Morgan fingerprint density at radius 2 is 2.00 bits per heavy atom. The monoisotopic (exact) mass is 327 g/mol. The number of carboxylic acid groups (broad SMARTS) is 1. The van der Waals surface area contributed by atoms with Gasteiger partial charge in [-0.1, -0.05) is 13.0 Å². The maximum absolute atomic E-state index is 14.2. The van der Waals surface area contributed by atoms with Crippen LogP contribution in [-0.4, -0.2) is 36.2 Å². The van der Waals surface area contributed by atoms with E-state index in [4.69, 9.17) is 9.84 Å². The number of carbonyl (C=O) groups excluding carboxylic acids is 1.